The molecule has 4 rings (SSSR count). The molecule has 23 heavy (non-hydrogen) atoms. The van der Waals surface area contributed by atoms with E-state index in [0.717, 1.165) is 39.2 Å². The van der Waals surface area contributed by atoms with E-state index in [4.69, 9.17) is 0 Å². The topological polar surface area (TPSA) is 32.9 Å². The normalized spacial score (nSPS) is 11.2. The van der Waals surface area contributed by atoms with E-state index in [1.54, 1.807) is 0 Å². The van der Waals surface area contributed by atoms with Gasteiger partial charge in [-0.15, -0.1) is 0 Å². The predicted molar refractivity (Wildman–Crippen MR) is 95.1 cm³/mol. The van der Waals surface area contributed by atoms with Crippen molar-refractivity contribution in [2.75, 3.05) is 0 Å². The van der Waals surface area contributed by atoms with Crippen LogP contribution in [0.3, 0.4) is 0 Å². The SMILES string of the molecule is CCc1ccc2[nH]cc(C(=O)c3cccc4ccccc34)c2c1. The number of carbonyl (C=O) groups is 1. The molecule has 1 aromatic heterocycles. The predicted octanol–water partition coefficient (Wildman–Crippen LogP) is 5.11. The Bertz CT molecular complexity index is 1020. The molecule has 0 amide bonds. The molecule has 0 spiro atoms. The molecular formula is C21H17NO. The van der Waals surface area contributed by atoms with E-state index >= 15 is 0 Å². The van der Waals surface area contributed by atoms with Crippen molar-refractivity contribution in [1.82, 2.24) is 4.98 Å². The summed E-state index contributed by atoms with van der Waals surface area (Å²) >= 11 is 0. The van der Waals surface area contributed by atoms with E-state index in [1.807, 2.05) is 54.7 Å². The van der Waals surface area contributed by atoms with Crippen molar-refractivity contribution >= 4 is 27.5 Å². The molecule has 0 saturated carbocycles. The first-order chi connectivity index (χ1) is 11.3. The lowest BCUT2D eigenvalue weighted by atomic mass is 9.96. The third-order valence-electron chi connectivity index (χ3n) is 4.43. The van der Waals surface area contributed by atoms with Gasteiger partial charge in [0.2, 0.25) is 0 Å². The number of aryl methyl sites for hydroxylation is 1. The zero-order chi connectivity index (χ0) is 15.8. The third kappa shape index (κ3) is 2.23. The fourth-order valence-corrected chi connectivity index (χ4v) is 3.14. The van der Waals surface area contributed by atoms with Crippen LogP contribution in [-0.2, 0) is 6.42 Å². The second-order valence-electron chi connectivity index (χ2n) is 5.79. The number of ketones is 1. The standard InChI is InChI=1S/C21H17NO/c1-2-14-10-11-20-18(12-14)19(13-22-20)21(23)17-9-5-7-15-6-3-4-8-16(15)17/h3-13,22H,2H2,1H3. The molecule has 3 aromatic carbocycles. The molecule has 2 heteroatoms. The molecule has 0 aliphatic heterocycles. The Morgan fingerprint density at radius 1 is 0.913 bits per heavy atom. The average molecular weight is 299 g/mol. The minimum Gasteiger partial charge on any atom is -0.360 e. The Hall–Kier alpha value is -2.87. The van der Waals surface area contributed by atoms with Crippen LogP contribution in [0.4, 0.5) is 0 Å². The Morgan fingerprint density at radius 2 is 1.74 bits per heavy atom. The van der Waals surface area contributed by atoms with Crippen molar-refractivity contribution in [3.63, 3.8) is 0 Å². The third-order valence-corrected chi connectivity index (χ3v) is 4.43. The van der Waals surface area contributed by atoms with Gasteiger partial charge in [0.25, 0.3) is 0 Å². The fraction of sp³-hybridized carbons (Fsp3) is 0.0952. The van der Waals surface area contributed by atoms with Crippen molar-refractivity contribution in [2.24, 2.45) is 0 Å². The van der Waals surface area contributed by atoms with E-state index in [1.165, 1.54) is 5.56 Å². The van der Waals surface area contributed by atoms with Crippen LogP contribution in [0.5, 0.6) is 0 Å². The van der Waals surface area contributed by atoms with Gasteiger partial charge in [0.05, 0.1) is 0 Å². The number of nitrogens with one attached hydrogen (secondary N) is 1. The number of H-pyrrole nitrogens is 1. The summed E-state index contributed by atoms with van der Waals surface area (Å²) in [6.07, 6.45) is 2.79. The zero-order valence-electron chi connectivity index (χ0n) is 13.0. The van der Waals surface area contributed by atoms with Crippen molar-refractivity contribution in [2.45, 2.75) is 13.3 Å². The summed E-state index contributed by atoms with van der Waals surface area (Å²) in [6.45, 7) is 2.13. The van der Waals surface area contributed by atoms with Crippen molar-refractivity contribution in [3.05, 3.63) is 83.6 Å². The van der Waals surface area contributed by atoms with E-state index in [9.17, 15) is 4.79 Å². The highest BCUT2D eigenvalue weighted by Crippen LogP contribution is 2.26. The van der Waals surface area contributed by atoms with Crippen molar-refractivity contribution < 1.29 is 4.79 Å². The fourth-order valence-electron chi connectivity index (χ4n) is 3.14. The van der Waals surface area contributed by atoms with Gasteiger partial charge in [-0.2, -0.15) is 0 Å². The molecule has 0 unspecified atom stereocenters. The summed E-state index contributed by atoms with van der Waals surface area (Å²) < 4.78 is 0. The van der Waals surface area contributed by atoms with Gasteiger partial charge in [-0.25, -0.2) is 0 Å². The van der Waals surface area contributed by atoms with E-state index in [2.05, 4.69) is 24.0 Å². The van der Waals surface area contributed by atoms with Gasteiger partial charge in [-0.3, -0.25) is 4.79 Å². The van der Waals surface area contributed by atoms with Gasteiger partial charge in [0.15, 0.2) is 5.78 Å². The number of aromatic nitrogens is 1. The second kappa shape index (κ2) is 5.40. The largest absolute Gasteiger partial charge is 0.360 e. The average Bonchev–Trinajstić information content (AvgIpc) is 3.03. The van der Waals surface area contributed by atoms with E-state index in [-0.39, 0.29) is 5.78 Å². The number of fused-ring (bicyclic) bond motifs is 2. The molecule has 0 aliphatic rings. The quantitative estimate of drug-likeness (QED) is 0.524. The van der Waals surface area contributed by atoms with Crippen LogP contribution < -0.4 is 0 Å². The maximum Gasteiger partial charge on any atom is 0.195 e. The molecular weight excluding hydrogens is 282 g/mol. The van der Waals surface area contributed by atoms with Gasteiger partial charge in [0.1, 0.15) is 0 Å². The summed E-state index contributed by atoms with van der Waals surface area (Å²) in [5.41, 5.74) is 3.74. The highest BCUT2D eigenvalue weighted by Gasteiger charge is 2.16. The number of hydrogen-bond acceptors (Lipinski definition) is 1. The Labute approximate surface area is 134 Å². The van der Waals surface area contributed by atoms with Gasteiger partial charge in [0, 0.05) is 28.2 Å². The first-order valence-corrected chi connectivity index (χ1v) is 7.90. The smallest absolute Gasteiger partial charge is 0.195 e. The Morgan fingerprint density at radius 3 is 2.61 bits per heavy atom. The summed E-state index contributed by atoms with van der Waals surface area (Å²) in [5, 5.41) is 3.09. The molecule has 1 N–H and O–H groups in total. The number of aromatic amines is 1. The molecule has 2 nitrogen and oxygen atoms in total. The molecule has 0 fully saturated rings. The van der Waals surface area contributed by atoms with Crippen molar-refractivity contribution in [1.29, 1.82) is 0 Å². The molecule has 4 aromatic rings. The molecule has 0 atom stereocenters. The van der Waals surface area contributed by atoms with Crippen LogP contribution in [-0.4, -0.2) is 10.8 Å². The van der Waals surface area contributed by atoms with Gasteiger partial charge < -0.3 is 4.98 Å². The number of benzene rings is 3. The molecule has 112 valence electrons. The van der Waals surface area contributed by atoms with Crippen LogP contribution in [0.2, 0.25) is 0 Å². The summed E-state index contributed by atoms with van der Waals surface area (Å²) in [6, 6.07) is 20.2. The summed E-state index contributed by atoms with van der Waals surface area (Å²) in [7, 11) is 0. The molecule has 0 aliphatic carbocycles. The minimum absolute atomic E-state index is 0.0707. The number of hydrogen-bond donors (Lipinski definition) is 1. The lowest BCUT2D eigenvalue weighted by molar-refractivity contribution is 0.104. The van der Waals surface area contributed by atoms with Gasteiger partial charge >= 0.3 is 0 Å². The van der Waals surface area contributed by atoms with Crippen molar-refractivity contribution in [3.8, 4) is 0 Å². The molecule has 0 radical (unpaired) electrons. The maximum absolute atomic E-state index is 13.1. The number of rotatable bonds is 3. The van der Waals surface area contributed by atoms with Gasteiger partial charge in [-0.1, -0.05) is 55.5 Å². The van der Waals surface area contributed by atoms with Crippen LogP contribution in [0.15, 0.2) is 66.9 Å². The summed E-state index contributed by atoms with van der Waals surface area (Å²) in [4.78, 5) is 16.3. The summed E-state index contributed by atoms with van der Waals surface area (Å²) in [5.74, 6) is 0.0707. The molecule has 0 saturated heterocycles. The molecule has 1 heterocycles. The highest BCUT2D eigenvalue weighted by molar-refractivity contribution is 6.21. The first-order valence-electron chi connectivity index (χ1n) is 7.90. The maximum atomic E-state index is 13.1. The van der Waals surface area contributed by atoms with Gasteiger partial charge in [-0.05, 0) is 34.9 Å². The van der Waals surface area contributed by atoms with E-state index < -0.39 is 0 Å². The highest BCUT2D eigenvalue weighted by atomic mass is 16.1. The van der Waals surface area contributed by atoms with Crippen LogP contribution in [0.1, 0.15) is 28.4 Å². The Kier molecular flexibility index (Phi) is 3.23. The van der Waals surface area contributed by atoms with Crippen LogP contribution in [0, 0.1) is 0 Å². The Balaban J connectivity index is 1.91. The monoisotopic (exact) mass is 299 g/mol. The lowest BCUT2D eigenvalue weighted by Crippen LogP contribution is -2.01. The van der Waals surface area contributed by atoms with Crippen LogP contribution in [0.25, 0.3) is 21.7 Å². The van der Waals surface area contributed by atoms with E-state index in [0.29, 0.717) is 0 Å². The molecule has 0 bridgehead atoms. The first kappa shape index (κ1) is 13.8. The zero-order valence-corrected chi connectivity index (χ0v) is 13.0. The number of carbonyl (C=O) groups excluding carboxylic acids is 1. The second-order valence-corrected chi connectivity index (χ2v) is 5.79. The minimum atomic E-state index is 0.0707. The van der Waals surface area contributed by atoms with Crippen LogP contribution >= 0.6 is 0 Å². The lowest BCUT2D eigenvalue weighted by Gasteiger charge is -2.05.